The molecule has 4 heteroatoms. The molecule has 1 aromatic carbocycles. The van der Waals surface area contributed by atoms with Gasteiger partial charge in [0.05, 0.1) is 0 Å². The van der Waals surface area contributed by atoms with Crippen molar-refractivity contribution < 1.29 is 0 Å². The predicted molar refractivity (Wildman–Crippen MR) is 84.5 cm³/mol. The van der Waals surface area contributed by atoms with Crippen LogP contribution in [0.5, 0.6) is 0 Å². The summed E-state index contributed by atoms with van der Waals surface area (Å²) in [5, 5.41) is 3.54. The monoisotopic (exact) mass is 325 g/mol. The molecule has 1 aromatic rings. The van der Waals surface area contributed by atoms with Crippen LogP contribution in [-0.4, -0.2) is 56.1 Å². The fourth-order valence-electron chi connectivity index (χ4n) is 2.36. The second-order valence-corrected chi connectivity index (χ2v) is 6.26. The van der Waals surface area contributed by atoms with Crippen LogP contribution >= 0.6 is 15.9 Å². The van der Waals surface area contributed by atoms with Crippen LogP contribution in [0, 0.1) is 6.92 Å². The van der Waals surface area contributed by atoms with Crippen molar-refractivity contribution in [3.8, 4) is 0 Å². The lowest BCUT2D eigenvalue weighted by Crippen LogP contribution is -2.46. The average molecular weight is 326 g/mol. The summed E-state index contributed by atoms with van der Waals surface area (Å²) in [5.41, 5.74) is 2.66. The van der Waals surface area contributed by atoms with Gasteiger partial charge in [-0.25, -0.2) is 0 Å². The number of likely N-dealkylation sites (N-methyl/N-ethyl adjacent to an activating group) is 1. The van der Waals surface area contributed by atoms with Gasteiger partial charge >= 0.3 is 0 Å². The lowest BCUT2D eigenvalue weighted by molar-refractivity contribution is 0.154. The van der Waals surface area contributed by atoms with Crippen LogP contribution in [0.3, 0.4) is 0 Å². The lowest BCUT2D eigenvalue weighted by Gasteiger charge is -2.32. The standard InChI is InChI=1S/C15H24BrN3/c1-13-11-14(3-4-15(13)16)12-17-5-6-19-9-7-18(2)8-10-19/h3-4,11,17H,5-10,12H2,1-2H3. The molecule has 19 heavy (non-hydrogen) atoms. The zero-order valence-corrected chi connectivity index (χ0v) is 13.5. The largest absolute Gasteiger partial charge is 0.311 e. The molecule has 0 unspecified atom stereocenters. The third-order valence-corrected chi connectivity index (χ3v) is 4.64. The molecule has 0 aliphatic carbocycles. The summed E-state index contributed by atoms with van der Waals surface area (Å²) in [6.45, 7) is 10.1. The molecule has 0 spiro atoms. The van der Waals surface area contributed by atoms with E-state index in [2.05, 4.69) is 63.2 Å². The molecule has 0 radical (unpaired) electrons. The molecule has 1 heterocycles. The second-order valence-electron chi connectivity index (χ2n) is 5.41. The Bertz CT molecular complexity index is 400. The molecular weight excluding hydrogens is 302 g/mol. The van der Waals surface area contributed by atoms with E-state index in [0.29, 0.717) is 0 Å². The Hall–Kier alpha value is -0.420. The van der Waals surface area contributed by atoms with Crippen LogP contribution in [-0.2, 0) is 6.54 Å². The highest BCUT2D eigenvalue weighted by molar-refractivity contribution is 9.10. The molecule has 1 aliphatic rings. The molecule has 0 atom stereocenters. The Kier molecular flexibility index (Phi) is 5.82. The number of benzene rings is 1. The zero-order chi connectivity index (χ0) is 13.7. The van der Waals surface area contributed by atoms with Crippen molar-refractivity contribution in [2.24, 2.45) is 0 Å². The van der Waals surface area contributed by atoms with Gasteiger partial charge in [-0.1, -0.05) is 28.1 Å². The van der Waals surface area contributed by atoms with Crippen molar-refractivity contribution in [1.29, 1.82) is 0 Å². The maximum atomic E-state index is 3.54. The third kappa shape index (κ3) is 4.88. The summed E-state index contributed by atoms with van der Waals surface area (Å²) < 4.78 is 1.19. The normalized spacial score (nSPS) is 17.8. The van der Waals surface area contributed by atoms with Gasteiger partial charge in [0.1, 0.15) is 0 Å². The van der Waals surface area contributed by atoms with Crippen molar-refractivity contribution in [2.75, 3.05) is 46.3 Å². The van der Waals surface area contributed by atoms with Gasteiger partial charge in [0.2, 0.25) is 0 Å². The van der Waals surface area contributed by atoms with E-state index < -0.39 is 0 Å². The number of rotatable bonds is 5. The Morgan fingerprint density at radius 3 is 2.63 bits per heavy atom. The first-order chi connectivity index (χ1) is 9.15. The van der Waals surface area contributed by atoms with Crippen molar-refractivity contribution in [2.45, 2.75) is 13.5 Å². The number of piperazine rings is 1. The molecule has 0 amide bonds. The van der Waals surface area contributed by atoms with Crippen LogP contribution in [0.4, 0.5) is 0 Å². The molecule has 1 saturated heterocycles. The van der Waals surface area contributed by atoms with Gasteiger partial charge in [-0.05, 0) is 31.2 Å². The van der Waals surface area contributed by atoms with Gasteiger partial charge in [0.15, 0.2) is 0 Å². The number of nitrogens with zero attached hydrogens (tertiary/aromatic N) is 2. The third-order valence-electron chi connectivity index (χ3n) is 3.75. The number of hydrogen-bond donors (Lipinski definition) is 1. The number of aryl methyl sites for hydroxylation is 1. The van der Waals surface area contributed by atoms with E-state index in [1.807, 2.05) is 0 Å². The molecular formula is C15H24BrN3. The molecule has 0 saturated carbocycles. The number of hydrogen-bond acceptors (Lipinski definition) is 3. The van der Waals surface area contributed by atoms with Gasteiger partial charge in [-0.2, -0.15) is 0 Å². The first-order valence-electron chi connectivity index (χ1n) is 7.02. The highest BCUT2D eigenvalue weighted by Gasteiger charge is 2.12. The van der Waals surface area contributed by atoms with E-state index in [-0.39, 0.29) is 0 Å². The van der Waals surface area contributed by atoms with Gasteiger partial charge in [0.25, 0.3) is 0 Å². The van der Waals surface area contributed by atoms with E-state index in [4.69, 9.17) is 0 Å². The maximum absolute atomic E-state index is 3.54. The van der Waals surface area contributed by atoms with E-state index in [0.717, 1.165) is 19.6 Å². The summed E-state index contributed by atoms with van der Waals surface area (Å²) in [4.78, 5) is 4.94. The molecule has 1 N–H and O–H groups in total. The van der Waals surface area contributed by atoms with Crippen LogP contribution in [0.1, 0.15) is 11.1 Å². The van der Waals surface area contributed by atoms with Crippen molar-refractivity contribution >= 4 is 15.9 Å². The Morgan fingerprint density at radius 1 is 1.21 bits per heavy atom. The van der Waals surface area contributed by atoms with Gasteiger partial charge in [0, 0.05) is 50.3 Å². The highest BCUT2D eigenvalue weighted by atomic mass is 79.9. The van der Waals surface area contributed by atoms with Crippen molar-refractivity contribution in [1.82, 2.24) is 15.1 Å². The van der Waals surface area contributed by atoms with E-state index in [9.17, 15) is 0 Å². The zero-order valence-electron chi connectivity index (χ0n) is 12.0. The minimum atomic E-state index is 0.960. The smallest absolute Gasteiger partial charge is 0.0206 e. The fraction of sp³-hybridized carbons (Fsp3) is 0.600. The molecule has 3 nitrogen and oxygen atoms in total. The van der Waals surface area contributed by atoms with Crippen LogP contribution in [0.25, 0.3) is 0 Å². The summed E-state index contributed by atoms with van der Waals surface area (Å²) in [6.07, 6.45) is 0. The van der Waals surface area contributed by atoms with Gasteiger partial charge in [-0.15, -0.1) is 0 Å². The Labute approximate surface area is 125 Å². The second kappa shape index (κ2) is 7.39. The molecule has 1 aliphatic heterocycles. The fourth-order valence-corrected chi connectivity index (χ4v) is 2.60. The average Bonchev–Trinajstić information content (AvgIpc) is 2.41. The summed E-state index contributed by atoms with van der Waals surface area (Å²) in [6, 6.07) is 6.56. The van der Waals surface area contributed by atoms with E-state index in [1.54, 1.807) is 0 Å². The van der Waals surface area contributed by atoms with Gasteiger partial charge in [-0.3, -0.25) is 4.90 Å². The minimum Gasteiger partial charge on any atom is -0.311 e. The quantitative estimate of drug-likeness (QED) is 0.836. The van der Waals surface area contributed by atoms with Crippen molar-refractivity contribution in [3.05, 3.63) is 33.8 Å². The maximum Gasteiger partial charge on any atom is 0.0206 e. The number of halogens is 1. The van der Waals surface area contributed by atoms with Crippen LogP contribution < -0.4 is 5.32 Å². The van der Waals surface area contributed by atoms with E-state index >= 15 is 0 Å². The molecule has 1 fully saturated rings. The first-order valence-corrected chi connectivity index (χ1v) is 7.81. The van der Waals surface area contributed by atoms with Gasteiger partial charge < -0.3 is 10.2 Å². The SMILES string of the molecule is Cc1cc(CNCCN2CCN(C)CC2)ccc1Br. The van der Waals surface area contributed by atoms with Crippen LogP contribution in [0.2, 0.25) is 0 Å². The molecule has 2 rings (SSSR count). The Balaban J connectivity index is 1.65. The summed E-state index contributed by atoms with van der Waals surface area (Å²) in [7, 11) is 2.20. The molecule has 0 aromatic heterocycles. The molecule has 106 valence electrons. The molecule has 0 bridgehead atoms. The summed E-state index contributed by atoms with van der Waals surface area (Å²) >= 11 is 3.54. The first kappa shape index (κ1) is 15.0. The Morgan fingerprint density at radius 2 is 1.95 bits per heavy atom. The van der Waals surface area contributed by atoms with Crippen LogP contribution in [0.15, 0.2) is 22.7 Å². The minimum absolute atomic E-state index is 0.960. The topological polar surface area (TPSA) is 18.5 Å². The summed E-state index contributed by atoms with van der Waals surface area (Å²) in [5.74, 6) is 0. The number of nitrogens with one attached hydrogen (secondary N) is 1. The lowest BCUT2D eigenvalue weighted by atomic mass is 10.1. The highest BCUT2D eigenvalue weighted by Crippen LogP contribution is 2.16. The van der Waals surface area contributed by atoms with Crippen molar-refractivity contribution in [3.63, 3.8) is 0 Å². The predicted octanol–water partition coefficient (Wildman–Crippen LogP) is 2.09. The van der Waals surface area contributed by atoms with E-state index in [1.165, 1.54) is 41.8 Å².